The number of fused-ring (bicyclic) bond motifs is 3. The molecular formula is C77H120F8N12O13. The van der Waals surface area contributed by atoms with E-state index in [1.165, 1.54) is 57.0 Å². The quantitative estimate of drug-likeness (QED) is 0.100. The number of carbonyl (C=O) groups is 12. The van der Waals surface area contributed by atoms with Gasteiger partial charge in [-0.05, 0) is 152 Å². The molecule has 1 spiro atoms. The van der Waals surface area contributed by atoms with Gasteiger partial charge < -0.3 is 65.2 Å². The van der Waals surface area contributed by atoms with Crippen molar-refractivity contribution in [1.29, 1.82) is 0 Å². The second kappa shape index (κ2) is 38.1. The van der Waals surface area contributed by atoms with E-state index in [1.54, 1.807) is 39.8 Å². The number of carbonyl (C=O) groups excluding carboxylic acids is 12. The first-order valence-corrected chi connectivity index (χ1v) is 39.4. The van der Waals surface area contributed by atoms with Crippen molar-refractivity contribution in [3.8, 4) is 0 Å². The molecule has 2 bridgehead atoms. The van der Waals surface area contributed by atoms with Crippen LogP contribution in [0.25, 0.3) is 0 Å². The number of rotatable bonds is 14. The zero-order chi connectivity index (χ0) is 82.0. The van der Waals surface area contributed by atoms with Gasteiger partial charge in [0.1, 0.15) is 72.1 Å². The topological polar surface area (TPSA) is 288 Å². The predicted octanol–water partition coefficient (Wildman–Crippen LogP) is 7.03. The highest BCUT2D eigenvalue weighted by molar-refractivity contribution is 6.01. The third-order valence-electron chi connectivity index (χ3n) is 24.4. The maximum atomic E-state index is 15.8. The molecule has 0 radical (unpaired) electrons. The minimum Gasteiger partial charge on any atom is -0.377 e. The lowest BCUT2D eigenvalue weighted by Gasteiger charge is -2.54. The fourth-order valence-corrected chi connectivity index (χ4v) is 17.9. The monoisotopic (exact) mass is 1570 g/mol. The van der Waals surface area contributed by atoms with Gasteiger partial charge in [0.05, 0.1) is 31.5 Å². The summed E-state index contributed by atoms with van der Waals surface area (Å²) in [7, 11) is 8.16. The largest absolute Gasteiger partial charge is 0.397 e. The third kappa shape index (κ3) is 22.0. The van der Waals surface area contributed by atoms with Gasteiger partial charge in [0.2, 0.25) is 70.9 Å². The fraction of sp³-hybridized carbons (Fsp3) is 0.818. The molecule has 12 amide bonds. The molecule has 4 N–H and O–H groups in total. The third-order valence-corrected chi connectivity index (χ3v) is 24.4. The van der Waals surface area contributed by atoms with Crippen LogP contribution in [0, 0.1) is 46.8 Å². The molecule has 3 heterocycles. The van der Waals surface area contributed by atoms with Gasteiger partial charge in [-0.3, -0.25) is 57.5 Å². The number of likely N-dealkylation sites (N-methyl/N-ethyl adjacent to an activating group) is 6. The summed E-state index contributed by atoms with van der Waals surface area (Å²) in [6.07, 6.45) is -13.9. The molecule has 3 aliphatic heterocycles. The predicted molar refractivity (Wildman–Crippen MR) is 390 cm³/mol. The minimum absolute atomic E-state index is 0.00766. The highest BCUT2D eigenvalue weighted by Crippen LogP contribution is 2.50. The molecule has 7 aliphatic rings. The van der Waals surface area contributed by atoms with Crippen LogP contribution >= 0.6 is 0 Å². The van der Waals surface area contributed by atoms with Crippen molar-refractivity contribution in [1.82, 2.24) is 60.5 Å². The molecule has 6 fully saturated rings. The summed E-state index contributed by atoms with van der Waals surface area (Å²) in [6.45, 7) is 12.3. The van der Waals surface area contributed by atoms with Crippen molar-refractivity contribution in [2.75, 3.05) is 81.6 Å². The molecule has 2 saturated heterocycles. The molecule has 4 aliphatic carbocycles. The Hall–Kier alpha value is -7.22. The Balaban J connectivity index is 1.34. The number of ether oxygens (including phenoxy) is 1. The van der Waals surface area contributed by atoms with Crippen molar-refractivity contribution in [2.24, 2.45) is 46.8 Å². The molecule has 110 heavy (non-hydrogen) atoms. The zero-order valence-corrected chi connectivity index (χ0v) is 66.5. The highest BCUT2D eigenvalue weighted by Gasteiger charge is 2.60. The number of halogens is 8. The van der Waals surface area contributed by atoms with E-state index in [2.05, 4.69) is 21.3 Å². The molecule has 12 atom stereocenters. The van der Waals surface area contributed by atoms with E-state index in [1.807, 2.05) is 27.7 Å². The lowest BCUT2D eigenvalue weighted by atomic mass is 9.58. The number of nitrogens with zero attached hydrogens (tertiary/aromatic N) is 8. The smallest absolute Gasteiger partial charge is 0.377 e. The number of hydrogen-bond acceptors (Lipinski definition) is 13. The summed E-state index contributed by atoms with van der Waals surface area (Å²) in [5, 5.41) is 11.0. The number of hydrogen-bond donors (Lipinski definition) is 4. The van der Waals surface area contributed by atoms with Gasteiger partial charge in [0, 0.05) is 74.9 Å². The molecule has 4 saturated carbocycles. The van der Waals surface area contributed by atoms with Crippen LogP contribution in [0.5, 0.6) is 0 Å². The maximum Gasteiger partial charge on any atom is 0.397 e. The van der Waals surface area contributed by atoms with Gasteiger partial charge in [0.25, 0.3) is 0 Å². The van der Waals surface area contributed by atoms with E-state index in [0.29, 0.717) is 32.1 Å². The Morgan fingerprint density at radius 1 is 0.673 bits per heavy atom. The molecule has 25 nitrogen and oxygen atoms in total. The maximum absolute atomic E-state index is 15.8. The lowest BCUT2D eigenvalue weighted by Crippen LogP contribution is -2.71. The lowest BCUT2D eigenvalue weighted by molar-refractivity contribution is -0.219. The van der Waals surface area contributed by atoms with E-state index in [-0.39, 0.29) is 109 Å². The molecule has 33 heteroatoms. The number of nitrogens with one attached hydrogen (secondary N) is 4. The number of amides is 12. The van der Waals surface area contributed by atoms with E-state index in [9.17, 15) is 50.3 Å². The molecule has 0 aromatic heterocycles. The number of alkyl halides is 8. The average molecular weight is 1570 g/mol. The van der Waals surface area contributed by atoms with Crippen molar-refractivity contribution in [2.45, 2.75) is 275 Å². The second-order valence-corrected chi connectivity index (χ2v) is 33.5. The van der Waals surface area contributed by atoms with Crippen LogP contribution in [-0.2, 0) is 62.3 Å². The van der Waals surface area contributed by atoms with Crippen LogP contribution in [0.1, 0.15) is 190 Å². The van der Waals surface area contributed by atoms with Gasteiger partial charge in [-0.2, -0.15) is 26.3 Å². The van der Waals surface area contributed by atoms with E-state index in [0.717, 1.165) is 24.5 Å². The van der Waals surface area contributed by atoms with Crippen molar-refractivity contribution in [3.63, 3.8) is 0 Å². The Kier molecular flexibility index (Phi) is 31.1. The van der Waals surface area contributed by atoms with Gasteiger partial charge in [-0.1, -0.05) is 73.0 Å². The average Bonchev–Trinajstić information content (AvgIpc) is 0.929. The standard InChI is InChI=1S/C77H120F8N12O13/c1-15-45(6)63-67(103)86-39-61(100)92(11)54-25-19-18-22-32-96(71(54)107)58(36-46-26-29-49(30-27-46)76(80,81)82)70(106)91(10)41-59(98)87-53(31-28-47-34-51(78)62(52(79)35-47)77(83,84)85)68(104)97-40-50(110-17-3)37-56(97)66(102)89-75(42-74(7,8)43-75)73(109)95(14)64(48-23-20-21-24-48)72(108)94(13)57(69(105)90(9)16-2)38-60(99)93(12)55(33-44(4)5)65(101)88-63/h18-19,44-58,62-64H,15-17,20-43H2,1-14H3,(H,86,103)(H,87,98)(H,88,101)(H,89,102)/b19-18-/t45-,46?,47?,49?,50+,51?,52?,53-,54-,55-,56-,57-,58-,62?,63-,64-/m0/s1. The van der Waals surface area contributed by atoms with Gasteiger partial charge in [-0.25, -0.2) is 8.78 Å². The van der Waals surface area contributed by atoms with Gasteiger partial charge in [-0.15, -0.1) is 0 Å². The molecular weight excluding hydrogens is 1450 g/mol. The van der Waals surface area contributed by atoms with Crippen LogP contribution in [0.15, 0.2) is 12.2 Å². The van der Waals surface area contributed by atoms with Gasteiger partial charge >= 0.3 is 12.4 Å². The first-order valence-electron chi connectivity index (χ1n) is 39.4. The normalized spacial score (nSPS) is 32.0. The summed E-state index contributed by atoms with van der Waals surface area (Å²) in [4.78, 5) is 191. The first kappa shape index (κ1) is 90.0. The van der Waals surface area contributed by atoms with Crippen LogP contribution in [0.3, 0.4) is 0 Å². The highest BCUT2D eigenvalue weighted by atomic mass is 19.4. The van der Waals surface area contributed by atoms with Gasteiger partial charge in [0.15, 0.2) is 0 Å². The Bertz CT molecular complexity index is 3290. The van der Waals surface area contributed by atoms with Crippen molar-refractivity contribution in [3.05, 3.63) is 12.2 Å². The zero-order valence-electron chi connectivity index (χ0n) is 66.5. The van der Waals surface area contributed by atoms with Crippen molar-refractivity contribution >= 4 is 70.9 Å². The van der Waals surface area contributed by atoms with Crippen LogP contribution in [0.4, 0.5) is 35.1 Å². The molecule has 2 unspecified atom stereocenters. The first-order chi connectivity index (χ1) is 51.4. The van der Waals surface area contributed by atoms with Crippen LogP contribution in [-0.4, -0.2) is 276 Å². The van der Waals surface area contributed by atoms with Crippen LogP contribution < -0.4 is 21.3 Å². The SMILES string of the molecule is CCO[C@@H]1C[C@H]2C(=O)NC3(CC(C)(C)C3)C(=O)N(C)[C@@H](C3CCCC3)C(=O)N(C)[C@H](C(=O)N(C)CC)CC(=O)N(C)[C@@H](CC(C)C)C(=O)N[C@@H]([C@@H](C)CC)C(=O)NCC(=O)N(C)[C@H]3C/C=C\CCN(C3=O)[C@@H](CC3CCC(C(F)(F)F)CC3)C(=O)N(C)CC(=O)N[C@@H](CCC3CC(F)C(C(F)(F)F)C(F)C3)C(=O)N2C1. The summed E-state index contributed by atoms with van der Waals surface area (Å²) in [6, 6.07) is -11.5. The Morgan fingerprint density at radius 2 is 1.30 bits per heavy atom. The van der Waals surface area contributed by atoms with Crippen LogP contribution in [0.2, 0.25) is 0 Å². The Morgan fingerprint density at radius 3 is 1.86 bits per heavy atom. The summed E-state index contributed by atoms with van der Waals surface area (Å²) < 4.78 is 121. The fourth-order valence-electron chi connectivity index (χ4n) is 17.9. The van der Waals surface area contributed by atoms with E-state index in [4.69, 9.17) is 4.74 Å². The summed E-state index contributed by atoms with van der Waals surface area (Å²) in [5.41, 5.74) is -2.37. The summed E-state index contributed by atoms with van der Waals surface area (Å²) in [5.74, 6) is -17.2. The summed E-state index contributed by atoms with van der Waals surface area (Å²) >= 11 is 0. The second-order valence-electron chi connectivity index (χ2n) is 33.5. The minimum atomic E-state index is -5.22. The van der Waals surface area contributed by atoms with E-state index < -0.39 is 235 Å². The molecule has 0 aromatic rings. The molecule has 622 valence electrons. The Labute approximate surface area is 641 Å². The van der Waals surface area contributed by atoms with Crippen molar-refractivity contribution < 1.29 is 97.4 Å². The molecule has 0 aromatic carbocycles. The molecule has 7 rings (SSSR count). The van der Waals surface area contributed by atoms with E-state index >= 15 is 42.3 Å².